The molecule has 6 nitrogen and oxygen atoms in total. The van der Waals surface area contributed by atoms with E-state index in [1.165, 1.54) is 11.1 Å². The molecule has 2 atom stereocenters. The number of hydrazine groups is 1. The van der Waals surface area contributed by atoms with Gasteiger partial charge in [0.1, 0.15) is 12.5 Å². The van der Waals surface area contributed by atoms with Gasteiger partial charge < -0.3 is 5.32 Å². The molecule has 2 saturated heterocycles. The number of benzene rings is 1. The largest absolute Gasteiger partial charge is 0.416 e. The van der Waals surface area contributed by atoms with E-state index in [0.717, 1.165) is 38.1 Å². The van der Waals surface area contributed by atoms with E-state index in [1.807, 2.05) is 0 Å². The lowest BCUT2D eigenvalue weighted by atomic mass is 10.2. The predicted octanol–water partition coefficient (Wildman–Crippen LogP) is 1.99. The van der Waals surface area contributed by atoms with Crippen LogP contribution in [0.2, 0.25) is 5.02 Å². The molecule has 3 aliphatic heterocycles. The molecule has 3 heterocycles. The Bertz CT molecular complexity index is 763. The number of fused-ring (bicyclic) bond motifs is 1. The van der Waals surface area contributed by atoms with E-state index in [4.69, 9.17) is 11.6 Å². The van der Waals surface area contributed by atoms with E-state index in [-0.39, 0.29) is 17.2 Å². The monoisotopic (exact) mass is 387 g/mol. The highest BCUT2D eigenvalue weighted by atomic mass is 35.5. The van der Waals surface area contributed by atoms with E-state index < -0.39 is 17.9 Å². The minimum atomic E-state index is -4.46. The number of rotatable bonds is 2. The first-order chi connectivity index (χ1) is 12.3. The molecular formula is C16H17ClF3N5O. The minimum absolute atomic E-state index is 0.0562. The molecule has 10 heteroatoms. The van der Waals surface area contributed by atoms with Gasteiger partial charge in [-0.2, -0.15) is 13.2 Å². The van der Waals surface area contributed by atoms with E-state index in [9.17, 15) is 18.0 Å². The lowest BCUT2D eigenvalue weighted by Gasteiger charge is -2.36. The summed E-state index contributed by atoms with van der Waals surface area (Å²) in [6, 6.07) is 3.12. The third kappa shape index (κ3) is 3.16. The van der Waals surface area contributed by atoms with Gasteiger partial charge in [-0.15, -0.1) is 0 Å². The highest BCUT2D eigenvalue weighted by molar-refractivity contribution is 6.33. The van der Waals surface area contributed by atoms with Crippen LogP contribution in [0.1, 0.15) is 18.4 Å². The first-order valence-electron chi connectivity index (χ1n) is 8.28. The summed E-state index contributed by atoms with van der Waals surface area (Å²) >= 11 is 6.04. The zero-order valence-corrected chi connectivity index (χ0v) is 14.4. The molecule has 140 valence electrons. The van der Waals surface area contributed by atoms with Crippen LogP contribution in [0.4, 0.5) is 18.9 Å². The van der Waals surface area contributed by atoms with Gasteiger partial charge in [-0.25, -0.2) is 5.43 Å². The molecule has 3 N–H and O–H groups in total. The highest BCUT2D eigenvalue weighted by Gasteiger charge is 2.39. The van der Waals surface area contributed by atoms with Crippen molar-refractivity contribution in [2.75, 3.05) is 18.1 Å². The average molecular weight is 388 g/mol. The van der Waals surface area contributed by atoms with Crippen molar-refractivity contribution in [2.45, 2.75) is 31.5 Å². The van der Waals surface area contributed by atoms with Crippen molar-refractivity contribution in [3.05, 3.63) is 40.6 Å². The smallest absolute Gasteiger partial charge is 0.324 e. The number of nitrogens with zero attached hydrogens (tertiary/aromatic N) is 2. The number of nitrogens with one attached hydrogen (secondary N) is 3. The number of carbonyl (C=O) groups is 1. The topological polar surface area (TPSA) is 59.6 Å². The first kappa shape index (κ1) is 17.6. The van der Waals surface area contributed by atoms with Crippen LogP contribution in [0.3, 0.4) is 0 Å². The molecule has 3 aliphatic rings. The van der Waals surface area contributed by atoms with Crippen molar-refractivity contribution in [1.82, 2.24) is 21.0 Å². The summed E-state index contributed by atoms with van der Waals surface area (Å²) in [5.74, 6) is -0.219. The number of hydrogen-bond acceptors (Lipinski definition) is 5. The van der Waals surface area contributed by atoms with Crippen molar-refractivity contribution < 1.29 is 18.0 Å². The lowest BCUT2D eigenvalue weighted by molar-refractivity contribution is -0.137. The third-order valence-electron chi connectivity index (χ3n) is 4.74. The molecule has 0 saturated carbocycles. The van der Waals surface area contributed by atoms with Gasteiger partial charge in [0, 0.05) is 19.3 Å². The molecule has 2 unspecified atom stereocenters. The second-order valence-electron chi connectivity index (χ2n) is 6.47. The van der Waals surface area contributed by atoms with Crippen molar-refractivity contribution in [3.63, 3.8) is 0 Å². The van der Waals surface area contributed by atoms with E-state index in [2.05, 4.69) is 21.0 Å². The standard InChI is InChI=1S/C16H17ClF3N5O/c17-11-7-9(16(18,19)20)3-4-12(11)25-8-10-13(23-25)21-15(22-14(10)26)24-5-1-2-6-24/h3-4,7-8,13,15,21,23H,1-2,5-6H2,(H,22,26). The fraction of sp³-hybridized carbons (Fsp3) is 0.438. The lowest BCUT2D eigenvalue weighted by Crippen LogP contribution is -2.66. The normalized spacial score (nSPS) is 26.7. The molecule has 0 aliphatic carbocycles. The molecule has 1 aromatic carbocycles. The Morgan fingerprint density at radius 2 is 1.92 bits per heavy atom. The molecule has 0 radical (unpaired) electrons. The van der Waals surface area contributed by atoms with Crippen molar-refractivity contribution >= 4 is 23.2 Å². The van der Waals surface area contributed by atoms with Crippen LogP contribution in [-0.4, -0.2) is 36.4 Å². The average Bonchev–Trinajstić information content (AvgIpc) is 3.23. The summed E-state index contributed by atoms with van der Waals surface area (Å²) in [5.41, 5.74) is 3.05. The van der Waals surface area contributed by atoms with Crippen LogP contribution in [-0.2, 0) is 11.0 Å². The van der Waals surface area contributed by atoms with E-state index in [1.54, 1.807) is 6.20 Å². The Labute approximate surface area is 152 Å². The fourth-order valence-corrected chi connectivity index (χ4v) is 3.67. The summed E-state index contributed by atoms with van der Waals surface area (Å²) in [4.78, 5) is 14.5. The van der Waals surface area contributed by atoms with Crippen LogP contribution in [0.15, 0.2) is 30.0 Å². The van der Waals surface area contributed by atoms with Crippen LogP contribution in [0, 0.1) is 0 Å². The van der Waals surface area contributed by atoms with E-state index >= 15 is 0 Å². The molecule has 1 aromatic rings. The van der Waals surface area contributed by atoms with Crippen LogP contribution < -0.4 is 21.1 Å². The fourth-order valence-electron chi connectivity index (χ4n) is 3.40. The summed E-state index contributed by atoms with van der Waals surface area (Å²) in [7, 11) is 0. The van der Waals surface area contributed by atoms with E-state index in [0.29, 0.717) is 11.3 Å². The van der Waals surface area contributed by atoms with Crippen molar-refractivity contribution in [1.29, 1.82) is 0 Å². The highest BCUT2D eigenvalue weighted by Crippen LogP contribution is 2.36. The Morgan fingerprint density at radius 1 is 1.19 bits per heavy atom. The Balaban J connectivity index is 1.54. The molecule has 26 heavy (non-hydrogen) atoms. The quantitative estimate of drug-likeness (QED) is 0.724. The molecule has 1 amide bonds. The van der Waals surface area contributed by atoms with Crippen LogP contribution >= 0.6 is 11.6 Å². The maximum absolute atomic E-state index is 12.8. The number of likely N-dealkylation sites (tertiary alicyclic amines) is 1. The van der Waals surface area contributed by atoms with Crippen LogP contribution in [0.5, 0.6) is 0 Å². The van der Waals surface area contributed by atoms with Crippen LogP contribution in [0.25, 0.3) is 0 Å². The first-order valence-corrected chi connectivity index (χ1v) is 8.65. The minimum Gasteiger partial charge on any atom is -0.324 e. The third-order valence-corrected chi connectivity index (χ3v) is 5.04. The van der Waals surface area contributed by atoms with Gasteiger partial charge in [0.25, 0.3) is 5.91 Å². The molecule has 0 aromatic heterocycles. The number of carbonyl (C=O) groups excluding carboxylic acids is 1. The van der Waals surface area contributed by atoms with Gasteiger partial charge in [0.05, 0.1) is 21.8 Å². The number of hydrogen-bond donors (Lipinski definition) is 3. The number of halogens is 4. The molecule has 2 fully saturated rings. The number of amides is 1. The summed E-state index contributed by atoms with van der Waals surface area (Å²) in [6.45, 7) is 1.80. The maximum Gasteiger partial charge on any atom is 0.416 e. The van der Waals surface area contributed by atoms with Crippen molar-refractivity contribution in [2.24, 2.45) is 0 Å². The van der Waals surface area contributed by atoms with Gasteiger partial charge in [0.2, 0.25) is 0 Å². The Hall–Kier alpha value is -1.81. The Morgan fingerprint density at radius 3 is 2.58 bits per heavy atom. The molecular weight excluding hydrogens is 371 g/mol. The zero-order chi connectivity index (χ0) is 18.5. The predicted molar refractivity (Wildman–Crippen MR) is 89.8 cm³/mol. The van der Waals surface area contributed by atoms with Gasteiger partial charge in [-0.3, -0.25) is 20.0 Å². The second-order valence-corrected chi connectivity index (χ2v) is 6.87. The zero-order valence-electron chi connectivity index (χ0n) is 13.6. The van der Waals surface area contributed by atoms with Gasteiger partial charge in [0.15, 0.2) is 0 Å². The summed E-state index contributed by atoms with van der Waals surface area (Å²) in [6.07, 6.45) is -1.46. The second kappa shape index (κ2) is 6.41. The van der Waals surface area contributed by atoms with Gasteiger partial charge in [-0.1, -0.05) is 11.6 Å². The SMILES string of the molecule is O=C1NC(N2CCCC2)NC2NN(c3ccc(C(F)(F)F)cc3Cl)C=C12. The Kier molecular flexibility index (Phi) is 4.34. The van der Waals surface area contributed by atoms with Gasteiger partial charge in [-0.05, 0) is 31.0 Å². The number of alkyl halides is 3. The van der Waals surface area contributed by atoms with Gasteiger partial charge >= 0.3 is 6.18 Å². The summed E-state index contributed by atoms with van der Waals surface area (Å²) in [5, 5.41) is 7.61. The maximum atomic E-state index is 12.8. The van der Waals surface area contributed by atoms with Crippen molar-refractivity contribution in [3.8, 4) is 0 Å². The number of anilines is 1. The molecule has 0 spiro atoms. The summed E-state index contributed by atoms with van der Waals surface area (Å²) < 4.78 is 38.4. The molecule has 4 rings (SSSR count). The molecule has 0 bridgehead atoms.